The van der Waals surface area contributed by atoms with Crippen LogP contribution in [0.15, 0.2) is 53.1 Å². The van der Waals surface area contributed by atoms with Crippen molar-refractivity contribution < 1.29 is 18.8 Å². The highest BCUT2D eigenvalue weighted by molar-refractivity contribution is 7.18. The summed E-state index contributed by atoms with van der Waals surface area (Å²) in [5.74, 6) is 0.707. The quantitative estimate of drug-likeness (QED) is 0.436. The normalized spacial score (nSPS) is 10.9. The van der Waals surface area contributed by atoms with E-state index in [0.717, 1.165) is 26.5 Å². The summed E-state index contributed by atoms with van der Waals surface area (Å²) in [5.41, 5.74) is 2.92. The Labute approximate surface area is 165 Å². The SMILES string of the molecule is Cc1noc(C)c1COc1ccccc1C(=O)OCc1nc2ccccc2s1. The van der Waals surface area contributed by atoms with Gasteiger partial charge in [-0.2, -0.15) is 0 Å². The average Bonchev–Trinajstić information content (AvgIpc) is 3.27. The fraction of sp³-hybridized carbons (Fsp3) is 0.190. The van der Waals surface area contributed by atoms with E-state index in [9.17, 15) is 4.79 Å². The monoisotopic (exact) mass is 394 g/mol. The van der Waals surface area contributed by atoms with Crippen LogP contribution in [0.5, 0.6) is 5.75 Å². The van der Waals surface area contributed by atoms with Crippen LogP contribution in [0.1, 0.15) is 32.4 Å². The Morgan fingerprint density at radius 1 is 1.07 bits per heavy atom. The van der Waals surface area contributed by atoms with E-state index < -0.39 is 5.97 Å². The van der Waals surface area contributed by atoms with Crippen LogP contribution in [-0.2, 0) is 18.0 Å². The molecule has 0 radical (unpaired) electrons. The van der Waals surface area contributed by atoms with Gasteiger partial charge in [0.1, 0.15) is 35.3 Å². The minimum absolute atomic E-state index is 0.121. The minimum atomic E-state index is -0.450. The van der Waals surface area contributed by atoms with E-state index in [-0.39, 0.29) is 13.2 Å². The maximum Gasteiger partial charge on any atom is 0.342 e. The predicted molar refractivity (Wildman–Crippen MR) is 105 cm³/mol. The summed E-state index contributed by atoms with van der Waals surface area (Å²) in [6.07, 6.45) is 0. The lowest BCUT2D eigenvalue weighted by molar-refractivity contribution is 0.0467. The number of aromatic nitrogens is 2. The summed E-state index contributed by atoms with van der Waals surface area (Å²) in [6.45, 7) is 4.07. The van der Waals surface area contributed by atoms with E-state index in [1.165, 1.54) is 11.3 Å². The Morgan fingerprint density at radius 2 is 1.86 bits per heavy atom. The number of hydrogen-bond acceptors (Lipinski definition) is 7. The number of thiazole rings is 1. The van der Waals surface area contributed by atoms with E-state index in [4.69, 9.17) is 14.0 Å². The third-order valence-corrected chi connectivity index (χ3v) is 5.34. The van der Waals surface area contributed by atoms with Crippen molar-refractivity contribution in [3.63, 3.8) is 0 Å². The Balaban J connectivity index is 1.45. The molecule has 0 N–H and O–H groups in total. The fourth-order valence-electron chi connectivity index (χ4n) is 2.81. The molecule has 2 aromatic heterocycles. The van der Waals surface area contributed by atoms with Crippen LogP contribution in [0.25, 0.3) is 10.2 Å². The number of rotatable bonds is 6. The van der Waals surface area contributed by atoms with Crippen LogP contribution >= 0.6 is 11.3 Å². The number of fused-ring (bicyclic) bond motifs is 1. The maximum atomic E-state index is 12.6. The van der Waals surface area contributed by atoms with Crippen LogP contribution in [-0.4, -0.2) is 16.1 Å². The summed E-state index contributed by atoms with van der Waals surface area (Å²) in [5, 5.41) is 4.67. The molecule has 0 aliphatic carbocycles. The summed E-state index contributed by atoms with van der Waals surface area (Å²) < 4.78 is 17.5. The summed E-state index contributed by atoms with van der Waals surface area (Å²) in [6, 6.07) is 14.8. The third-order valence-electron chi connectivity index (χ3n) is 4.33. The molecule has 0 fully saturated rings. The molecule has 142 valence electrons. The second-order valence-corrected chi connectivity index (χ2v) is 7.35. The van der Waals surface area contributed by atoms with Crippen molar-refractivity contribution in [3.8, 4) is 5.75 Å². The Bertz CT molecular complexity index is 1080. The first-order valence-corrected chi connectivity index (χ1v) is 9.58. The number of carbonyl (C=O) groups is 1. The van der Waals surface area contributed by atoms with E-state index in [2.05, 4.69) is 10.1 Å². The first kappa shape index (κ1) is 18.2. The number of hydrogen-bond donors (Lipinski definition) is 0. The van der Waals surface area contributed by atoms with Gasteiger partial charge >= 0.3 is 5.97 Å². The van der Waals surface area contributed by atoms with Gasteiger partial charge in [0.2, 0.25) is 0 Å². The summed E-state index contributed by atoms with van der Waals surface area (Å²) >= 11 is 1.51. The summed E-state index contributed by atoms with van der Waals surface area (Å²) in [7, 11) is 0. The van der Waals surface area contributed by atoms with Crippen molar-refractivity contribution in [1.82, 2.24) is 10.1 Å². The molecular weight excluding hydrogens is 376 g/mol. The largest absolute Gasteiger partial charge is 0.488 e. The van der Waals surface area contributed by atoms with Crippen LogP contribution < -0.4 is 4.74 Å². The Hall–Kier alpha value is -3.19. The van der Waals surface area contributed by atoms with Crippen molar-refractivity contribution in [2.24, 2.45) is 0 Å². The number of aryl methyl sites for hydroxylation is 2. The zero-order valence-electron chi connectivity index (χ0n) is 15.5. The number of carbonyl (C=O) groups excluding carboxylic acids is 1. The lowest BCUT2D eigenvalue weighted by atomic mass is 10.2. The van der Waals surface area contributed by atoms with Gasteiger partial charge in [-0.05, 0) is 38.1 Å². The number of benzene rings is 2. The molecule has 6 nitrogen and oxygen atoms in total. The van der Waals surface area contributed by atoms with E-state index in [0.29, 0.717) is 17.1 Å². The van der Waals surface area contributed by atoms with Gasteiger partial charge in [-0.25, -0.2) is 9.78 Å². The molecule has 0 aliphatic rings. The molecule has 28 heavy (non-hydrogen) atoms. The van der Waals surface area contributed by atoms with Gasteiger partial charge in [0.25, 0.3) is 0 Å². The van der Waals surface area contributed by atoms with Crippen LogP contribution in [0, 0.1) is 13.8 Å². The molecule has 0 spiro atoms. The maximum absolute atomic E-state index is 12.6. The first-order chi connectivity index (χ1) is 13.6. The topological polar surface area (TPSA) is 74.5 Å². The van der Waals surface area contributed by atoms with Gasteiger partial charge in [0, 0.05) is 0 Å². The van der Waals surface area contributed by atoms with Crippen molar-refractivity contribution >= 4 is 27.5 Å². The molecule has 2 aromatic carbocycles. The van der Waals surface area contributed by atoms with E-state index in [1.807, 2.05) is 44.2 Å². The number of nitrogens with zero attached hydrogens (tertiary/aromatic N) is 2. The molecule has 4 aromatic rings. The van der Waals surface area contributed by atoms with Crippen molar-refractivity contribution in [2.75, 3.05) is 0 Å². The molecule has 7 heteroatoms. The summed E-state index contributed by atoms with van der Waals surface area (Å²) in [4.78, 5) is 17.1. The number of ether oxygens (including phenoxy) is 2. The van der Waals surface area contributed by atoms with Crippen LogP contribution in [0.3, 0.4) is 0 Å². The fourth-order valence-corrected chi connectivity index (χ4v) is 3.69. The Morgan fingerprint density at radius 3 is 2.64 bits per heavy atom. The van der Waals surface area contributed by atoms with Gasteiger partial charge in [-0.3, -0.25) is 0 Å². The highest BCUT2D eigenvalue weighted by atomic mass is 32.1. The van der Waals surface area contributed by atoms with Gasteiger partial charge in [0.15, 0.2) is 0 Å². The molecule has 0 atom stereocenters. The lowest BCUT2D eigenvalue weighted by Gasteiger charge is -2.10. The highest BCUT2D eigenvalue weighted by Crippen LogP contribution is 2.25. The molecule has 4 rings (SSSR count). The highest BCUT2D eigenvalue weighted by Gasteiger charge is 2.16. The lowest BCUT2D eigenvalue weighted by Crippen LogP contribution is -2.08. The van der Waals surface area contributed by atoms with Crippen molar-refractivity contribution in [3.05, 3.63) is 76.1 Å². The van der Waals surface area contributed by atoms with Crippen LogP contribution in [0.2, 0.25) is 0 Å². The van der Waals surface area contributed by atoms with Crippen molar-refractivity contribution in [1.29, 1.82) is 0 Å². The minimum Gasteiger partial charge on any atom is -0.488 e. The molecule has 0 bridgehead atoms. The van der Waals surface area contributed by atoms with Gasteiger partial charge < -0.3 is 14.0 Å². The van der Waals surface area contributed by atoms with E-state index in [1.54, 1.807) is 18.2 Å². The standard InChI is InChI=1S/C21H18N2O4S/c1-13-16(14(2)27-23-13)11-25-18-9-5-3-7-15(18)21(24)26-12-20-22-17-8-4-6-10-19(17)28-20/h3-10H,11-12H2,1-2H3. The molecular formula is C21H18N2O4S. The second kappa shape index (κ2) is 7.82. The Kier molecular flexibility index (Phi) is 5.08. The first-order valence-electron chi connectivity index (χ1n) is 8.77. The van der Waals surface area contributed by atoms with Gasteiger partial charge in [-0.1, -0.05) is 29.4 Å². The zero-order chi connectivity index (χ0) is 19.5. The average molecular weight is 394 g/mol. The number of esters is 1. The molecule has 0 saturated carbocycles. The molecule has 0 aliphatic heterocycles. The molecule has 0 saturated heterocycles. The zero-order valence-corrected chi connectivity index (χ0v) is 16.3. The van der Waals surface area contributed by atoms with Gasteiger partial charge in [-0.15, -0.1) is 11.3 Å². The third kappa shape index (κ3) is 3.75. The van der Waals surface area contributed by atoms with Crippen LogP contribution in [0.4, 0.5) is 0 Å². The van der Waals surface area contributed by atoms with Gasteiger partial charge in [0.05, 0.1) is 21.5 Å². The van der Waals surface area contributed by atoms with Crippen molar-refractivity contribution in [2.45, 2.75) is 27.1 Å². The van der Waals surface area contributed by atoms with E-state index >= 15 is 0 Å². The second-order valence-electron chi connectivity index (χ2n) is 6.24. The molecule has 0 amide bonds. The molecule has 0 unspecified atom stereocenters. The molecule has 2 heterocycles. The number of para-hydroxylation sites is 2. The predicted octanol–water partition coefficient (Wildman–Crippen LogP) is 4.84. The smallest absolute Gasteiger partial charge is 0.342 e.